The fraction of sp³-hybridized carbons (Fsp3) is 0.0833. The predicted octanol–water partition coefficient (Wildman–Crippen LogP) is 3.26. The Hall–Kier alpha value is -1.88. The number of methoxy groups -OCH3 is 1. The summed E-state index contributed by atoms with van der Waals surface area (Å²) < 4.78 is 18.6. The first kappa shape index (κ1) is 11.6. The minimum Gasteiger partial charge on any atom is -0.497 e. The molecule has 0 bridgehead atoms. The molecule has 1 N–H and O–H groups in total. The van der Waals surface area contributed by atoms with Gasteiger partial charge in [-0.05, 0) is 24.3 Å². The predicted molar refractivity (Wildman–Crippen MR) is 63.2 cm³/mol. The van der Waals surface area contributed by atoms with E-state index in [9.17, 15) is 9.18 Å². The van der Waals surface area contributed by atoms with Crippen LogP contribution in [0.5, 0.6) is 5.75 Å². The number of carboxylic acid groups (broad SMARTS) is 1. The van der Waals surface area contributed by atoms with Gasteiger partial charge in [0.05, 0.1) is 7.11 Å². The number of benzene rings is 1. The van der Waals surface area contributed by atoms with Crippen LogP contribution in [0.25, 0.3) is 10.4 Å². The van der Waals surface area contributed by atoms with Crippen LogP contribution in [-0.4, -0.2) is 18.2 Å². The second-order valence-electron chi connectivity index (χ2n) is 3.31. The van der Waals surface area contributed by atoms with Crippen LogP contribution >= 0.6 is 11.3 Å². The molecule has 0 aliphatic heterocycles. The van der Waals surface area contributed by atoms with E-state index in [0.717, 1.165) is 11.3 Å². The van der Waals surface area contributed by atoms with Gasteiger partial charge in [-0.25, -0.2) is 9.18 Å². The minimum atomic E-state index is -1.00. The number of halogens is 1. The lowest BCUT2D eigenvalue weighted by Gasteiger charge is -2.03. The van der Waals surface area contributed by atoms with E-state index >= 15 is 0 Å². The van der Waals surface area contributed by atoms with Crippen LogP contribution in [0, 0.1) is 5.82 Å². The maximum absolute atomic E-state index is 13.7. The fourth-order valence-electron chi connectivity index (χ4n) is 1.42. The summed E-state index contributed by atoms with van der Waals surface area (Å²) in [5.74, 6) is -1.00. The minimum absolute atomic E-state index is 0.190. The van der Waals surface area contributed by atoms with Gasteiger partial charge in [0, 0.05) is 16.5 Å². The largest absolute Gasteiger partial charge is 0.497 e. The van der Waals surface area contributed by atoms with E-state index in [1.165, 1.54) is 19.2 Å². The Kier molecular flexibility index (Phi) is 3.10. The molecule has 0 unspecified atom stereocenters. The lowest BCUT2D eigenvalue weighted by Crippen LogP contribution is -1.89. The van der Waals surface area contributed by atoms with Gasteiger partial charge in [0.25, 0.3) is 0 Å². The molecule has 0 fully saturated rings. The molecule has 0 atom stereocenters. The number of rotatable bonds is 3. The van der Waals surface area contributed by atoms with Crippen molar-refractivity contribution in [2.24, 2.45) is 0 Å². The Balaban J connectivity index is 2.42. The summed E-state index contributed by atoms with van der Waals surface area (Å²) in [6.07, 6.45) is 0. The summed E-state index contributed by atoms with van der Waals surface area (Å²) in [4.78, 5) is 11.5. The van der Waals surface area contributed by atoms with Gasteiger partial charge in [-0.2, -0.15) is 0 Å². The second-order valence-corrected chi connectivity index (χ2v) is 4.40. The maximum atomic E-state index is 13.7. The summed E-state index contributed by atoms with van der Waals surface area (Å²) in [5, 5.41) is 8.79. The Morgan fingerprint density at radius 2 is 2.12 bits per heavy atom. The molecule has 2 rings (SSSR count). The molecule has 0 aliphatic carbocycles. The topological polar surface area (TPSA) is 46.5 Å². The first-order chi connectivity index (χ1) is 8.11. The molecule has 1 aromatic carbocycles. The zero-order chi connectivity index (χ0) is 12.4. The van der Waals surface area contributed by atoms with Crippen LogP contribution in [0.15, 0.2) is 30.3 Å². The molecule has 0 saturated carbocycles. The van der Waals surface area contributed by atoms with Crippen molar-refractivity contribution >= 4 is 17.3 Å². The fourth-order valence-corrected chi connectivity index (χ4v) is 2.29. The van der Waals surface area contributed by atoms with Gasteiger partial charge in [0.15, 0.2) is 0 Å². The molecule has 0 amide bonds. The van der Waals surface area contributed by atoms with Crippen LogP contribution in [0.4, 0.5) is 4.39 Å². The highest BCUT2D eigenvalue weighted by Gasteiger charge is 2.12. The number of ether oxygens (including phenoxy) is 1. The average Bonchev–Trinajstić information content (AvgIpc) is 2.78. The summed E-state index contributed by atoms with van der Waals surface area (Å²) in [6.45, 7) is 0. The lowest BCUT2D eigenvalue weighted by atomic mass is 10.1. The molecule has 5 heteroatoms. The zero-order valence-corrected chi connectivity index (χ0v) is 9.75. The van der Waals surface area contributed by atoms with Crippen LogP contribution < -0.4 is 4.74 Å². The normalized spacial score (nSPS) is 10.2. The number of hydrogen-bond donors (Lipinski definition) is 1. The van der Waals surface area contributed by atoms with Gasteiger partial charge in [0.2, 0.25) is 0 Å². The number of thiophene rings is 1. The quantitative estimate of drug-likeness (QED) is 0.912. The van der Waals surface area contributed by atoms with Gasteiger partial charge in [-0.15, -0.1) is 11.3 Å². The second kappa shape index (κ2) is 4.55. The van der Waals surface area contributed by atoms with Crippen LogP contribution in [0.1, 0.15) is 9.67 Å². The lowest BCUT2D eigenvalue weighted by molar-refractivity contribution is 0.0702. The average molecular weight is 252 g/mol. The molecule has 0 spiro atoms. The molecular formula is C12H9FO3S. The Morgan fingerprint density at radius 3 is 2.65 bits per heavy atom. The molecule has 17 heavy (non-hydrogen) atoms. The first-order valence-corrected chi connectivity index (χ1v) is 5.60. The van der Waals surface area contributed by atoms with Gasteiger partial charge in [-0.1, -0.05) is 0 Å². The van der Waals surface area contributed by atoms with Crippen LogP contribution in [-0.2, 0) is 0 Å². The van der Waals surface area contributed by atoms with Crippen molar-refractivity contribution in [1.82, 2.24) is 0 Å². The van der Waals surface area contributed by atoms with Crippen molar-refractivity contribution in [1.29, 1.82) is 0 Å². The monoisotopic (exact) mass is 252 g/mol. The summed E-state index contributed by atoms with van der Waals surface area (Å²) >= 11 is 1.04. The van der Waals surface area contributed by atoms with E-state index in [1.807, 2.05) is 0 Å². The summed E-state index contributed by atoms with van der Waals surface area (Å²) in [7, 11) is 1.46. The SMILES string of the molecule is COc1ccc(-c2ccc(C(=O)O)s2)c(F)c1. The molecule has 1 heterocycles. The molecule has 0 saturated heterocycles. The molecule has 1 aromatic heterocycles. The molecule has 0 radical (unpaired) electrons. The standard InChI is InChI=1S/C12H9FO3S/c1-16-7-2-3-8(9(13)6-7)10-4-5-11(17-10)12(14)15/h2-6H,1H3,(H,14,15). The zero-order valence-electron chi connectivity index (χ0n) is 8.94. The molecular weight excluding hydrogens is 243 g/mol. The van der Waals surface area contributed by atoms with Crippen molar-refractivity contribution in [2.45, 2.75) is 0 Å². The number of carboxylic acids is 1. The highest BCUT2D eigenvalue weighted by atomic mass is 32.1. The van der Waals surface area contributed by atoms with Crippen molar-refractivity contribution in [3.05, 3.63) is 41.0 Å². The summed E-state index contributed by atoms with van der Waals surface area (Å²) in [5.41, 5.74) is 0.378. The van der Waals surface area contributed by atoms with E-state index < -0.39 is 11.8 Å². The van der Waals surface area contributed by atoms with E-state index in [1.54, 1.807) is 18.2 Å². The Labute approximate surface area is 101 Å². The van der Waals surface area contributed by atoms with Crippen molar-refractivity contribution in [2.75, 3.05) is 7.11 Å². The maximum Gasteiger partial charge on any atom is 0.345 e. The van der Waals surface area contributed by atoms with Gasteiger partial charge in [-0.3, -0.25) is 0 Å². The first-order valence-electron chi connectivity index (χ1n) is 4.79. The third-order valence-electron chi connectivity index (χ3n) is 2.26. The van der Waals surface area contributed by atoms with E-state index in [0.29, 0.717) is 16.2 Å². The van der Waals surface area contributed by atoms with Crippen molar-refractivity contribution in [3.8, 4) is 16.2 Å². The molecule has 0 aliphatic rings. The van der Waals surface area contributed by atoms with E-state index in [2.05, 4.69) is 0 Å². The van der Waals surface area contributed by atoms with E-state index in [-0.39, 0.29) is 4.88 Å². The molecule has 2 aromatic rings. The van der Waals surface area contributed by atoms with Crippen molar-refractivity contribution < 1.29 is 19.0 Å². The molecule has 3 nitrogen and oxygen atoms in total. The highest BCUT2D eigenvalue weighted by Crippen LogP contribution is 2.31. The van der Waals surface area contributed by atoms with Crippen LogP contribution in [0.2, 0.25) is 0 Å². The number of carbonyl (C=O) groups is 1. The summed E-state index contributed by atoms with van der Waals surface area (Å²) in [6, 6.07) is 7.55. The Bertz CT molecular complexity index is 563. The number of aromatic carboxylic acids is 1. The Morgan fingerprint density at radius 1 is 1.35 bits per heavy atom. The van der Waals surface area contributed by atoms with E-state index in [4.69, 9.17) is 9.84 Å². The van der Waals surface area contributed by atoms with Crippen LogP contribution in [0.3, 0.4) is 0 Å². The number of hydrogen-bond acceptors (Lipinski definition) is 3. The third-order valence-corrected chi connectivity index (χ3v) is 3.37. The smallest absolute Gasteiger partial charge is 0.345 e. The highest BCUT2D eigenvalue weighted by molar-refractivity contribution is 7.17. The molecule has 88 valence electrons. The van der Waals surface area contributed by atoms with Gasteiger partial charge < -0.3 is 9.84 Å². The van der Waals surface area contributed by atoms with Crippen molar-refractivity contribution in [3.63, 3.8) is 0 Å². The third kappa shape index (κ3) is 2.29. The van der Waals surface area contributed by atoms with Gasteiger partial charge >= 0.3 is 5.97 Å². The van der Waals surface area contributed by atoms with Gasteiger partial charge in [0.1, 0.15) is 16.4 Å².